The number of aromatic nitrogens is 2. The van der Waals surface area contributed by atoms with E-state index in [1.54, 1.807) is 19.6 Å². The third kappa shape index (κ3) is 5.66. The molecule has 1 N–H and O–H groups in total. The van der Waals surface area contributed by atoms with Crippen LogP contribution in [0.25, 0.3) is 0 Å². The van der Waals surface area contributed by atoms with Crippen LogP contribution in [0.15, 0.2) is 61.1 Å². The average Bonchev–Trinajstić information content (AvgIpc) is 3.32. The fourth-order valence-electron chi connectivity index (χ4n) is 4.33. The van der Waals surface area contributed by atoms with Crippen LogP contribution in [0.4, 0.5) is 5.69 Å². The zero-order chi connectivity index (χ0) is 23.2. The second-order valence-corrected chi connectivity index (χ2v) is 8.63. The van der Waals surface area contributed by atoms with Crippen molar-refractivity contribution in [2.45, 2.75) is 38.8 Å². The standard InChI is InChI=1S/C26H32N4O3/c1-19(2)33-25-15-22(9-10-24(25)32-3)29-11-12-30(26(31)14-21-16-27-18-28-21)23(17-29)13-20-7-5-4-6-8-20/h4-10,15-16,18-19,23H,11-14,17H2,1-3H3,(H,27,28)/t23-/m0/s1. The molecule has 174 valence electrons. The Bertz CT molecular complexity index is 1040. The Morgan fingerprint density at radius 1 is 1.15 bits per heavy atom. The number of imidazole rings is 1. The summed E-state index contributed by atoms with van der Waals surface area (Å²) >= 11 is 0. The van der Waals surface area contributed by atoms with Crippen molar-refractivity contribution in [1.82, 2.24) is 14.9 Å². The van der Waals surface area contributed by atoms with Crippen molar-refractivity contribution < 1.29 is 14.3 Å². The maximum atomic E-state index is 13.2. The van der Waals surface area contributed by atoms with Crippen molar-refractivity contribution >= 4 is 11.6 Å². The van der Waals surface area contributed by atoms with E-state index in [9.17, 15) is 4.79 Å². The molecule has 2 aromatic carbocycles. The second-order valence-electron chi connectivity index (χ2n) is 8.63. The third-order valence-electron chi connectivity index (χ3n) is 5.89. The lowest BCUT2D eigenvalue weighted by Gasteiger charge is -2.43. The summed E-state index contributed by atoms with van der Waals surface area (Å²) in [7, 11) is 1.65. The van der Waals surface area contributed by atoms with Gasteiger partial charge in [0.2, 0.25) is 5.91 Å². The summed E-state index contributed by atoms with van der Waals surface area (Å²) in [6.07, 6.45) is 4.52. The molecular formula is C26H32N4O3. The van der Waals surface area contributed by atoms with Crippen LogP contribution in [0, 0.1) is 0 Å². The Morgan fingerprint density at radius 3 is 2.67 bits per heavy atom. The average molecular weight is 449 g/mol. The van der Waals surface area contributed by atoms with Crippen molar-refractivity contribution in [1.29, 1.82) is 0 Å². The fourth-order valence-corrected chi connectivity index (χ4v) is 4.33. The summed E-state index contributed by atoms with van der Waals surface area (Å²) in [5.41, 5.74) is 3.14. The van der Waals surface area contributed by atoms with E-state index >= 15 is 0 Å². The summed E-state index contributed by atoms with van der Waals surface area (Å²) in [5, 5.41) is 0. The number of piperazine rings is 1. The molecular weight excluding hydrogens is 416 g/mol. The number of anilines is 1. The molecule has 1 atom stereocenters. The first-order valence-corrected chi connectivity index (χ1v) is 11.4. The van der Waals surface area contributed by atoms with Crippen LogP contribution in [0.3, 0.4) is 0 Å². The number of nitrogens with one attached hydrogen (secondary N) is 1. The summed E-state index contributed by atoms with van der Waals surface area (Å²) in [5.74, 6) is 1.59. The van der Waals surface area contributed by atoms with Gasteiger partial charge in [-0.1, -0.05) is 30.3 Å². The van der Waals surface area contributed by atoms with Gasteiger partial charge >= 0.3 is 0 Å². The topological polar surface area (TPSA) is 70.7 Å². The zero-order valence-electron chi connectivity index (χ0n) is 19.5. The number of carbonyl (C=O) groups excluding carboxylic acids is 1. The van der Waals surface area contributed by atoms with Gasteiger partial charge in [0.25, 0.3) is 0 Å². The van der Waals surface area contributed by atoms with Crippen LogP contribution in [0.5, 0.6) is 11.5 Å². The zero-order valence-corrected chi connectivity index (χ0v) is 19.5. The van der Waals surface area contributed by atoms with Crippen molar-refractivity contribution in [3.8, 4) is 11.5 Å². The smallest absolute Gasteiger partial charge is 0.228 e. The lowest BCUT2D eigenvalue weighted by molar-refractivity contribution is -0.133. The number of amides is 1. The summed E-state index contributed by atoms with van der Waals surface area (Å²) < 4.78 is 11.5. The molecule has 3 aromatic rings. The third-order valence-corrected chi connectivity index (χ3v) is 5.89. The number of aromatic amines is 1. The molecule has 0 unspecified atom stereocenters. The Labute approximate surface area is 195 Å². The molecule has 1 amide bonds. The SMILES string of the molecule is COc1ccc(N2CCN(C(=O)Cc3cnc[nH]3)[C@@H](Cc3ccccc3)C2)cc1OC(C)C. The highest BCUT2D eigenvalue weighted by Crippen LogP contribution is 2.33. The van der Waals surface area contributed by atoms with E-state index in [0.717, 1.165) is 42.4 Å². The van der Waals surface area contributed by atoms with Crippen molar-refractivity contribution in [2.24, 2.45) is 0 Å². The highest BCUT2D eigenvalue weighted by molar-refractivity contribution is 5.79. The molecule has 1 fully saturated rings. The molecule has 33 heavy (non-hydrogen) atoms. The van der Waals surface area contributed by atoms with Gasteiger partial charge in [-0.2, -0.15) is 0 Å². The quantitative estimate of drug-likeness (QED) is 0.569. The minimum Gasteiger partial charge on any atom is -0.493 e. The molecule has 0 radical (unpaired) electrons. The van der Waals surface area contributed by atoms with Crippen LogP contribution >= 0.6 is 0 Å². The normalized spacial score (nSPS) is 16.2. The first-order chi connectivity index (χ1) is 16.0. The molecule has 1 saturated heterocycles. The summed E-state index contributed by atoms with van der Waals surface area (Å²) in [4.78, 5) is 24.6. The molecule has 2 heterocycles. The maximum Gasteiger partial charge on any atom is 0.228 e. The van der Waals surface area contributed by atoms with E-state index in [0.29, 0.717) is 13.0 Å². The van der Waals surface area contributed by atoms with Gasteiger partial charge in [0.05, 0.1) is 32.0 Å². The summed E-state index contributed by atoms with van der Waals surface area (Å²) in [6.45, 7) is 6.18. The Hall–Kier alpha value is -3.48. The van der Waals surface area contributed by atoms with Crippen LogP contribution in [-0.4, -0.2) is 59.7 Å². The number of hydrogen-bond donors (Lipinski definition) is 1. The first-order valence-electron chi connectivity index (χ1n) is 11.4. The molecule has 0 saturated carbocycles. The van der Waals surface area contributed by atoms with E-state index in [1.165, 1.54) is 5.56 Å². The Balaban J connectivity index is 1.56. The maximum absolute atomic E-state index is 13.2. The van der Waals surface area contributed by atoms with Gasteiger partial charge in [-0.3, -0.25) is 4.79 Å². The van der Waals surface area contributed by atoms with Gasteiger partial charge in [-0.25, -0.2) is 4.98 Å². The lowest BCUT2D eigenvalue weighted by Crippen LogP contribution is -2.56. The van der Waals surface area contributed by atoms with Crippen molar-refractivity contribution in [3.63, 3.8) is 0 Å². The molecule has 7 nitrogen and oxygen atoms in total. The first kappa shape index (κ1) is 22.7. The largest absolute Gasteiger partial charge is 0.493 e. The monoisotopic (exact) mass is 448 g/mol. The fraction of sp³-hybridized carbons (Fsp3) is 0.385. The van der Waals surface area contributed by atoms with E-state index < -0.39 is 0 Å². The molecule has 0 bridgehead atoms. The Kier molecular flexibility index (Phi) is 7.17. The van der Waals surface area contributed by atoms with Gasteiger partial charge in [0.15, 0.2) is 11.5 Å². The number of carbonyl (C=O) groups is 1. The van der Waals surface area contributed by atoms with Gasteiger partial charge in [-0.05, 0) is 38.0 Å². The number of methoxy groups -OCH3 is 1. The molecule has 1 aliphatic rings. The van der Waals surface area contributed by atoms with Gasteiger partial charge in [0, 0.05) is 43.3 Å². The molecule has 7 heteroatoms. The van der Waals surface area contributed by atoms with E-state index in [4.69, 9.17) is 9.47 Å². The number of rotatable bonds is 8. The van der Waals surface area contributed by atoms with Crippen molar-refractivity contribution in [3.05, 3.63) is 72.3 Å². The predicted octanol–water partition coefficient (Wildman–Crippen LogP) is 3.71. The predicted molar refractivity (Wildman–Crippen MR) is 129 cm³/mol. The van der Waals surface area contributed by atoms with Gasteiger partial charge in [0.1, 0.15) is 0 Å². The van der Waals surface area contributed by atoms with Crippen LogP contribution in [-0.2, 0) is 17.6 Å². The number of H-pyrrole nitrogens is 1. The highest BCUT2D eigenvalue weighted by atomic mass is 16.5. The number of benzene rings is 2. The molecule has 4 rings (SSSR count). The highest BCUT2D eigenvalue weighted by Gasteiger charge is 2.31. The molecule has 0 aliphatic carbocycles. The number of nitrogens with zero attached hydrogens (tertiary/aromatic N) is 3. The minimum absolute atomic E-state index is 0.0527. The van der Waals surface area contributed by atoms with Gasteiger partial charge < -0.3 is 24.3 Å². The van der Waals surface area contributed by atoms with E-state index in [-0.39, 0.29) is 18.1 Å². The van der Waals surface area contributed by atoms with Crippen LogP contribution in [0.1, 0.15) is 25.1 Å². The number of ether oxygens (including phenoxy) is 2. The Morgan fingerprint density at radius 2 is 1.97 bits per heavy atom. The van der Waals surface area contributed by atoms with Crippen LogP contribution < -0.4 is 14.4 Å². The van der Waals surface area contributed by atoms with E-state index in [2.05, 4.69) is 33.1 Å². The molecule has 1 aromatic heterocycles. The minimum atomic E-state index is 0.0527. The molecule has 1 aliphatic heterocycles. The summed E-state index contributed by atoms with van der Waals surface area (Å²) in [6, 6.07) is 16.5. The molecule has 0 spiro atoms. The van der Waals surface area contributed by atoms with Gasteiger partial charge in [-0.15, -0.1) is 0 Å². The second kappa shape index (κ2) is 10.4. The van der Waals surface area contributed by atoms with Crippen LogP contribution in [0.2, 0.25) is 0 Å². The van der Waals surface area contributed by atoms with E-state index in [1.807, 2.05) is 49.1 Å². The number of hydrogen-bond acceptors (Lipinski definition) is 5. The van der Waals surface area contributed by atoms with Crippen molar-refractivity contribution in [2.75, 3.05) is 31.6 Å². The lowest BCUT2D eigenvalue weighted by atomic mass is 10.0.